The van der Waals surface area contributed by atoms with Crippen LogP contribution in [0.4, 0.5) is 13.2 Å². The quantitative estimate of drug-likeness (QED) is 0.941. The lowest BCUT2D eigenvalue weighted by Crippen LogP contribution is -2.17. The van der Waals surface area contributed by atoms with Gasteiger partial charge in [-0.25, -0.2) is 0 Å². The van der Waals surface area contributed by atoms with Crippen LogP contribution in [0, 0.1) is 0 Å². The van der Waals surface area contributed by atoms with E-state index >= 15 is 0 Å². The molecule has 0 unspecified atom stereocenters. The molecule has 0 saturated heterocycles. The van der Waals surface area contributed by atoms with Crippen LogP contribution in [0.25, 0.3) is 11.1 Å². The first-order valence-corrected chi connectivity index (χ1v) is 5.86. The van der Waals surface area contributed by atoms with E-state index in [0.29, 0.717) is 16.8 Å². The molecule has 1 aromatic carbocycles. The molecule has 0 aliphatic heterocycles. The molecule has 0 saturated carbocycles. The fraction of sp³-hybridized carbons (Fsp3) is 0.143. The minimum Gasteiger partial charge on any atom is -0.481 e. The van der Waals surface area contributed by atoms with Crippen molar-refractivity contribution in [1.29, 1.82) is 0 Å². The first-order chi connectivity index (χ1) is 9.83. The van der Waals surface area contributed by atoms with Crippen LogP contribution in [0.5, 0.6) is 5.75 Å². The first kappa shape index (κ1) is 14.8. The molecule has 0 aliphatic carbocycles. The van der Waals surface area contributed by atoms with E-state index in [9.17, 15) is 18.0 Å². The summed E-state index contributed by atoms with van der Waals surface area (Å²) in [6, 6.07) is 8.54. The zero-order valence-electron chi connectivity index (χ0n) is 10.6. The Bertz CT molecular complexity index is 656. The van der Waals surface area contributed by atoms with Gasteiger partial charge in [0.15, 0.2) is 0 Å². The van der Waals surface area contributed by atoms with Gasteiger partial charge in [-0.15, -0.1) is 13.2 Å². The van der Waals surface area contributed by atoms with Crippen molar-refractivity contribution in [2.75, 3.05) is 0 Å². The number of rotatable bonds is 4. The van der Waals surface area contributed by atoms with Crippen LogP contribution in [0.2, 0.25) is 0 Å². The third kappa shape index (κ3) is 4.48. The summed E-state index contributed by atoms with van der Waals surface area (Å²) >= 11 is 0. The van der Waals surface area contributed by atoms with E-state index in [4.69, 9.17) is 5.11 Å². The SMILES string of the molecule is O=C(O)Cc1cc(-c2cccc(OC(F)(F)F)c2)ccn1. The first-order valence-electron chi connectivity index (χ1n) is 5.86. The second-order valence-corrected chi connectivity index (χ2v) is 4.18. The van der Waals surface area contributed by atoms with Gasteiger partial charge in [0.1, 0.15) is 5.75 Å². The number of carboxylic acid groups (broad SMARTS) is 1. The predicted molar refractivity (Wildman–Crippen MR) is 67.7 cm³/mol. The highest BCUT2D eigenvalue weighted by molar-refractivity contribution is 5.71. The molecule has 2 rings (SSSR count). The Morgan fingerprint density at radius 1 is 1.19 bits per heavy atom. The van der Waals surface area contributed by atoms with Crippen molar-refractivity contribution in [2.24, 2.45) is 0 Å². The number of pyridine rings is 1. The molecular formula is C14H10F3NO3. The summed E-state index contributed by atoms with van der Waals surface area (Å²) in [5, 5.41) is 8.72. The maximum absolute atomic E-state index is 12.2. The van der Waals surface area contributed by atoms with Crippen molar-refractivity contribution in [1.82, 2.24) is 4.98 Å². The van der Waals surface area contributed by atoms with Crippen LogP contribution in [-0.2, 0) is 11.2 Å². The lowest BCUT2D eigenvalue weighted by molar-refractivity contribution is -0.274. The molecule has 0 radical (unpaired) electrons. The predicted octanol–water partition coefficient (Wildman–Crippen LogP) is 3.27. The highest BCUT2D eigenvalue weighted by Gasteiger charge is 2.31. The van der Waals surface area contributed by atoms with Gasteiger partial charge in [0, 0.05) is 6.20 Å². The summed E-state index contributed by atoms with van der Waals surface area (Å²) in [5.74, 6) is -1.37. The Morgan fingerprint density at radius 3 is 2.57 bits per heavy atom. The minimum absolute atomic E-state index is 0.257. The van der Waals surface area contributed by atoms with Gasteiger partial charge < -0.3 is 9.84 Å². The summed E-state index contributed by atoms with van der Waals surface area (Å²) < 4.78 is 40.4. The van der Waals surface area contributed by atoms with E-state index in [0.717, 1.165) is 0 Å². The summed E-state index contributed by atoms with van der Waals surface area (Å²) in [4.78, 5) is 14.5. The van der Waals surface area contributed by atoms with Gasteiger partial charge >= 0.3 is 12.3 Å². The average Bonchev–Trinajstić information content (AvgIpc) is 2.36. The largest absolute Gasteiger partial charge is 0.573 e. The Kier molecular flexibility index (Phi) is 4.11. The molecule has 2 aromatic rings. The summed E-state index contributed by atoms with van der Waals surface area (Å²) in [7, 11) is 0. The molecule has 7 heteroatoms. The third-order valence-electron chi connectivity index (χ3n) is 2.55. The number of hydrogen-bond acceptors (Lipinski definition) is 3. The third-order valence-corrected chi connectivity index (χ3v) is 2.55. The maximum Gasteiger partial charge on any atom is 0.573 e. The second-order valence-electron chi connectivity index (χ2n) is 4.18. The zero-order chi connectivity index (χ0) is 15.5. The average molecular weight is 297 g/mol. The zero-order valence-corrected chi connectivity index (χ0v) is 10.6. The van der Waals surface area contributed by atoms with Gasteiger partial charge in [0.25, 0.3) is 0 Å². The standard InChI is InChI=1S/C14H10F3NO3/c15-14(16,17)21-12-3-1-2-9(7-12)10-4-5-18-11(6-10)8-13(19)20/h1-7H,8H2,(H,19,20). The molecular weight excluding hydrogens is 287 g/mol. The summed E-state index contributed by atoms with van der Waals surface area (Å²) in [5.41, 5.74) is 1.36. The Balaban J connectivity index is 2.29. The van der Waals surface area contributed by atoms with Crippen molar-refractivity contribution in [3.63, 3.8) is 0 Å². The molecule has 0 bridgehead atoms. The van der Waals surface area contributed by atoms with E-state index < -0.39 is 12.3 Å². The number of alkyl halides is 3. The van der Waals surface area contributed by atoms with E-state index in [1.807, 2.05) is 0 Å². The fourth-order valence-corrected chi connectivity index (χ4v) is 1.78. The highest BCUT2D eigenvalue weighted by Crippen LogP contribution is 2.28. The lowest BCUT2D eigenvalue weighted by Gasteiger charge is -2.10. The van der Waals surface area contributed by atoms with E-state index in [2.05, 4.69) is 9.72 Å². The Hall–Kier alpha value is -2.57. The summed E-state index contributed by atoms with van der Waals surface area (Å²) in [6.45, 7) is 0. The number of aliphatic carboxylic acids is 1. The lowest BCUT2D eigenvalue weighted by atomic mass is 10.1. The van der Waals surface area contributed by atoms with E-state index in [1.165, 1.54) is 30.5 Å². The maximum atomic E-state index is 12.2. The molecule has 0 amide bonds. The number of ether oxygens (including phenoxy) is 1. The molecule has 4 nitrogen and oxygen atoms in total. The number of carboxylic acids is 1. The molecule has 1 heterocycles. The normalized spacial score (nSPS) is 11.2. The van der Waals surface area contributed by atoms with Crippen molar-refractivity contribution in [2.45, 2.75) is 12.8 Å². The van der Waals surface area contributed by atoms with Crippen molar-refractivity contribution in [3.8, 4) is 16.9 Å². The van der Waals surface area contributed by atoms with E-state index in [1.54, 1.807) is 12.1 Å². The van der Waals surface area contributed by atoms with Gasteiger partial charge in [0.2, 0.25) is 0 Å². The molecule has 0 fully saturated rings. The van der Waals surface area contributed by atoms with Gasteiger partial charge in [-0.2, -0.15) is 0 Å². The molecule has 1 N–H and O–H groups in total. The topological polar surface area (TPSA) is 59.4 Å². The molecule has 21 heavy (non-hydrogen) atoms. The Labute approximate surface area is 117 Å². The second kappa shape index (κ2) is 5.82. The number of hydrogen-bond donors (Lipinski definition) is 1. The van der Waals surface area contributed by atoms with Crippen molar-refractivity contribution in [3.05, 3.63) is 48.3 Å². The minimum atomic E-state index is -4.76. The smallest absolute Gasteiger partial charge is 0.481 e. The van der Waals surface area contributed by atoms with Crippen LogP contribution < -0.4 is 4.74 Å². The fourth-order valence-electron chi connectivity index (χ4n) is 1.78. The molecule has 1 aromatic heterocycles. The van der Waals surface area contributed by atoms with Gasteiger partial charge in [-0.05, 0) is 35.4 Å². The number of aromatic nitrogens is 1. The molecule has 0 aliphatic rings. The Morgan fingerprint density at radius 2 is 1.90 bits per heavy atom. The molecule has 110 valence electrons. The van der Waals surface area contributed by atoms with Crippen LogP contribution in [-0.4, -0.2) is 22.4 Å². The number of nitrogens with zero attached hydrogens (tertiary/aromatic N) is 1. The van der Waals surface area contributed by atoms with Crippen LogP contribution >= 0.6 is 0 Å². The number of carbonyl (C=O) groups is 1. The monoisotopic (exact) mass is 297 g/mol. The van der Waals surface area contributed by atoms with Crippen molar-refractivity contribution < 1.29 is 27.8 Å². The van der Waals surface area contributed by atoms with Crippen LogP contribution in [0.3, 0.4) is 0 Å². The van der Waals surface area contributed by atoms with Crippen molar-refractivity contribution >= 4 is 5.97 Å². The molecule has 0 atom stereocenters. The van der Waals surface area contributed by atoms with Gasteiger partial charge in [-0.3, -0.25) is 9.78 Å². The molecule has 0 spiro atoms. The highest BCUT2D eigenvalue weighted by atomic mass is 19.4. The summed E-state index contributed by atoms with van der Waals surface area (Å²) in [6.07, 6.45) is -3.61. The number of halogens is 3. The number of benzene rings is 1. The van der Waals surface area contributed by atoms with Crippen LogP contribution in [0.1, 0.15) is 5.69 Å². The van der Waals surface area contributed by atoms with E-state index in [-0.39, 0.29) is 12.2 Å². The van der Waals surface area contributed by atoms with Gasteiger partial charge in [-0.1, -0.05) is 12.1 Å². The van der Waals surface area contributed by atoms with Crippen LogP contribution in [0.15, 0.2) is 42.6 Å². The van der Waals surface area contributed by atoms with Gasteiger partial charge in [0.05, 0.1) is 12.1 Å².